The van der Waals surface area contributed by atoms with Crippen LogP contribution in [0.15, 0.2) is 54.6 Å². The highest BCUT2D eigenvalue weighted by Crippen LogP contribution is 2.17. The molecule has 1 N–H and O–H groups in total. The normalized spacial score (nSPS) is 23.4. The molecule has 1 unspecified atom stereocenters. The van der Waals surface area contributed by atoms with Gasteiger partial charge in [-0.1, -0.05) is 54.6 Å². The Morgan fingerprint density at radius 2 is 1.67 bits per heavy atom. The van der Waals surface area contributed by atoms with Crippen LogP contribution in [0.25, 0.3) is 0 Å². The molecule has 2 aliphatic heterocycles. The first kappa shape index (κ1) is 15.1. The standard InChI is InChI=1S/C20H20N2O2/c23-19-12-18(20(24)22(19)13-15-6-2-1-3-7-15)21-11-10-16-8-4-5-9-17(16)14-21/h1-9,18H,10-14H2/p+1/t18-/m0/s1. The second-order valence-electron chi connectivity index (χ2n) is 6.66. The van der Waals surface area contributed by atoms with Crippen LogP contribution in [-0.4, -0.2) is 29.3 Å². The van der Waals surface area contributed by atoms with E-state index in [1.54, 1.807) is 0 Å². The molecule has 4 nitrogen and oxygen atoms in total. The van der Waals surface area contributed by atoms with E-state index in [0.29, 0.717) is 13.0 Å². The molecule has 2 aliphatic rings. The van der Waals surface area contributed by atoms with Gasteiger partial charge in [0.25, 0.3) is 5.91 Å². The van der Waals surface area contributed by atoms with Crippen LogP contribution in [0.3, 0.4) is 0 Å². The minimum absolute atomic E-state index is 0.0155. The summed E-state index contributed by atoms with van der Waals surface area (Å²) in [6.45, 7) is 2.14. The molecule has 0 radical (unpaired) electrons. The Balaban J connectivity index is 1.50. The van der Waals surface area contributed by atoms with Crippen molar-refractivity contribution in [1.82, 2.24) is 4.90 Å². The van der Waals surface area contributed by atoms with Crippen LogP contribution in [0, 0.1) is 0 Å². The van der Waals surface area contributed by atoms with E-state index in [9.17, 15) is 9.59 Å². The van der Waals surface area contributed by atoms with Gasteiger partial charge < -0.3 is 4.90 Å². The minimum atomic E-state index is -0.227. The summed E-state index contributed by atoms with van der Waals surface area (Å²) in [7, 11) is 0. The molecule has 2 aromatic carbocycles. The van der Waals surface area contributed by atoms with Gasteiger partial charge in [0, 0.05) is 12.0 Å². The Labute approximate surface area is 141 Å². The number of amides is 2. The SMILES string of the molecule is O=C1C[C@H]([NH+]2CCc3ccccc3C2)C(=O)N1Cc1ccccc1. The molecule has 2 amide bonds. The van der Waals surface area contributed by atoms with Gasteiger partial charge in [-0.05, 0) is 11.1 Å². The molecule has 4 heteroatoms. The van der Waals surface area contributed by atoms with Gasteiger partial charge in [0.2, 0.25) is 5.91 Å². The molecule has 0 saturated carbocycles. The average molecular weight is 321 g/mol. The van der Waals surface area contributed by atoms with Crippen LogP contribution >= 0.6 is 0 Å². The fourth-order valence-electron chi connectivity index (χ4n) is 3.83. The summed E-state index contributed by atoms with van der Waals surface area (Å²) in [5, 5.41) is 0. The number of hydrogen-bond donors (Lipinski definition) is 1. The molecule has 24 heavy (non-hydrogen) atoms. The second-order valence-corrected chi connectivity index (χ2v) is 6.66. The third-order valence-electron chi connectivity index (χ3n) is 5.17. The average Bonchev–Trinajstić information content (AvgIpc) is 2.90. The van der Waals surface area contributed by atoms with Crippen molar-refractivity contribution in [3.63, 3.8) is 0 Å². The number of nitrogens with zero attached hydrogens (tertiary/aromatic N) is 1. The molecule has 0 spiro atoms. The predicted molar refractivity (Wildman–Crippen MR) is 90.1 cm³/mol. The van der Waals surface area contributed by atoms with E-state index in [4.69, 9.17) is 0 Å². The van der Waals surface area contributed by atoms with Crippen molar-refractivity contribution in [2.45, 2.75) is 32.0 Å². The van der Waals surface area contributed by atoms with Gasteiger partial charge in [0.15, 0.2) is 6.04 Å². The molecule has 4 rings (SSSR count). The maximum absolute atomic E-state index is 12.8. The summed E-state index contributed by atoms with van der Waals surface area (Å²) in [5.41, 5.74) is 3.68. The highest BCUT2D eigenvalue weighted by molar-refractivity contribution is 6.04. The number of likely N-dealkylation sites (tertiary alicyclic amines) is 1. The molecule has 0 aliphatic carbocycles. The Morgan fingerprint density at radius 3 is 2.46 bits per heavy atom. The molecule has 1 fully saturated rings. The number of rotatable bonds is 3. The molecular formula is C20H21N2O2+. The third-order valence-corrected chi connectivity index (χ3v) is 5.17. The Morgan fingerprint density at radius 1 is 0.958 bits per heavy atom. The molecule has 2 heterocycles. The zero-order valence-electron chi connectivity index (χ0n) is 13.6. The lowest BCUT2D eigenvalue weighted by Crippen LogP contribution is -3.16. The smallest absolute Gasteiger partial charge is 0.288 e. The van der Waals surface area contributed by atoms with E-state index in [1.807, 2.05) is 36.4 Å². The zero-order valence-corrected chi connectivity index (χ0v) is 13.6. The maximum atomic E-state index is 12.8. The number of benzene rings is 2. The highest BCUT2D eigenvalue weighted by atomic mass is 16.2. The van der Waals surface area contributed by atoms with E-state index < -0.39 is 0 Å². The van der Waals surface area contributed by atoms with Crippen molar-refractivity contribution in [3.8, 4) is 0 Å². The molecule has 122 valence electrons. The summed E-state index contributed by atoms with van der Waals surface area (Å²) in [6, 6.07) is 17.9. The largest absolute Gasteiger partial charge is 0.320 e. The van der Waals surface area contributed by atoms with Crippen molar-refractivity contribution in [3.05, 3.63) is 71.3 Å². The van der Waals surface area contributed by atoms with E-state index in [2.05, 4.69) is 18.2 Å². The molecular weight excluding hydrogens is 300 g/mol. The van der Waals surface area contributed by atoms with E-state index in [0.717, 1.165) is 25.1 Å². The topological polar surface area (TPSA) is 41.8 Å². The minimum Gasteiger partial charge on any atom is -0.320 e. The second kappa shape index (κ2) is 6.21. The number of carbonyl (C=O) groups is 2. The van der Waals surface area contributed by atoms with E-state index in [-0.39, 0.29) is 17.9 Å². The maximum Gasteiger partial charge on any atom is 0.288 e. The summed E-state index contributed by atoms with van der Waals surface area (Å²) in [4.78, 5) is 27.9. The fraction of sp³-hybridized carbons (Fsp3) is 0.300. The summed E-state index contributed by atoms with van der Waals surface area (Å²) < 4.78 is 0. The third kappa shape index (κ3) is 2.74. The van der Waals surface area contributed by atoms with Gasteiger partial charge in [-0.2, -0.15) is 0 Å². The Hall–Kier alpha value is -2.46. The van der Waals surface area contributed by atoms with E-state index >= 15 is 0 Å². The first-order valence-corrected chi connectivity index (χ1v) is 8.52. The van der Waals surface area contributed by atoms with Crippen molar-refractivity contribution >= 4 is 11.8 Å². The lowest BCUT2D eigenvalue weighted by Gasteiger charge is -2.29. The van der Waals surface area contributed by atoms with Gasteiger partial charge >= 0.3 is 0 Å². The van der Waals surface area contributed by atoms with Gasteiger partial charge in [0.05, 0.1) is 19.5 Å². The number of quaternary nitrogens is 1. The van der Waals surface area contributed by atoms with Crippen molar-refractivity contribution in [2.24, 2.45) is 0 Å². The first-order valence-electron chi connectivity index (χ1n) is 8.52. The van der Waals surface area contributed by atoms with Crippen molar-refractivity contribution in [1.29, 1.82) is 0 Å². The van der Waals surface area contributed by atoms with Crippen molar-refractivity contribution < 1.29 is 14.5 Å². The van der Waals surface area contributed by atoms with Gasteiger partial charge in [-0.3, -0.25) is 14.5 Å². The van der Waals surface area contributed by atoms with Crippen LogP contribution in [0.5, 0.6) is 0 Å². The fourth-order valence-corrected chi connectivity index (χ4v) is 3.83. The number of fused-ring (bicyclic) bond motifs is 1. The molecule has 2 atom stereocenters. The number of nitrogens with one attached hydrogen (secondary N) is 1. The lowest BCUT2D eigenvalue weighted by atomic mass is 9.98. The van der Waals surface area contributed by atoms with Gasteiger partial charge in [-0.15, -0.1) is 0 Å². The number of hydrogen-bond acceptors (Lipinski definition) is 2. The van der Waals surface area contributed by atoms with Gasteiger partial charge in [0.1, 0.15) is 6.54 Å². The monoisotopic (exact) mass is 321 g/mol. The van der Waals surface area contributed by atoms with Crippen LogP contribution in [0.1, 0.15) is 23.1 Å². The summed E-state index contributed by atoms with van der Waals surface area (Å²) >= 11 is 0. The number of carbonyl (C=O) groups excluding carboxylic acids is 2. The van der Waals surface area contributed by atoms with E-state index in [1.165, 1.54) is 20.9 Å². The Kier molecular flexibility index (Phi) is 3.90. The molecule has 0 bridgehead atoms. The first-order chi connectivity index (χ1) is 11.7. The van der Waals surface area contributed by atoms with Crippen LogP contribution in [0.2, 0.25) is 0 Å². The lowest BCUT2D eigenvalue weighted by molar-refractivity contribution is -0.930. The van der Waals surface area contributed by atoms with Gasteiger partial charge in [-0.25, -0.2) is 0 Å². The zero-order chi connectivity index (χ0) is 16.5. The highest BCUT2D eigenvalue weighted by Gasteiger charge is 2.45. The summed E-state index contributed by atoms with van der Waals surface area (Å²) in [6.07, 6.45) is 1.31. The Bertz CT molecular complexity index is 772. The van der Waals surface area contributed by atoms with Crippen LogP contribution < -0.4 is 4.90 Å². The quantitative estimate of drug-likeness (QED) is 0.856. The summed E-state index contributed by atoms with van der Waals surface area (Å²) in [5.74, 6) is -0.0570. The van der Waals surface area contributed by atoms with Crippen LogP contribution in [-0.2, 0) is 29.1 Å². The van der Waals surface area contributed by atoms with Crippen molar-refractivity contribution in [2.75, 3.05) is 6.54 Å². The molecule has 2 aromatic rings. The molecule has 0 aromatic heterocycles. The number of imide groups is 1. The van der Waals surface area contributed by atoms with Crippen LogP contribution in [0.4, 0.5) is 0 Å². The molecule has 1 saturated heterocycles. The predicted octanol–water partition coefficient (Wildman–Crippen LogP) is 0.955.